The minimum Gasteiger partial charge on any atom is -0.349 e. The summed E-state index contributed by atoms with van der Waals surface area (Å²) in [6.45, 7) is 1.92. The van der Waals surface area contributed by atoms with Crippen molar-refractivity contribution < 1.29 is 31.5 Å². The number of imidazole rings is 1. The Bertz CT molecular complexity index is 1370. The van der Waals surface area contributed by atoms with Crippen LogP contribution in [-0.2, 0) is 11.1 Å². The van der Waals surface area contributed by atoms with Crippen molar-refractivity contribution in [3.8, 4) is 0 Å². The lowest BCUT2D eigenvalue weighted by atomic mass is 9.81. The van der Waals surface area contributed by atoms with Crippen LogP contribution in [-0.4, -0.2) is 42.1 Å². The summed E-state index contributed by atoms with van der Waals surface area (Å²) in [5.74, 6) is -4.14. The summed E-state index contributed by atoms with van der Waals surface area (Å²) in [5.41, 5.74) is 0.745. The molecular weight excluding hydrogens is 537 g/mol. The van der Waals surface area contributed by atoms with Crippen molar-refractivity contribution in [3.63, 3.8) is 0 Å². The number of rotatable bonds is 9. The number of fused-ring (bicyclic) bond motifs is 1. The Morgan fingerprint density at radius 3 is 2.42 bits per heavy atom. The van der Waals surface area contributed by atoms with Crippen molar-refractivity contribution >= 4 is 17.5 Å². The smallest absolute Gasteiger partial charge is 0.349 e. The zero-order valence-corrected chi connectivity index (χ0v) is 21.8. The molecule has 2 N–H and O–H groups in total. The first kappa shape index (κ1) is 28.0. The van der Waals surface area contributed by atoms with E-state index in [1.165, 1.54) is 4.52 Å². The van der Waals surface area contributed by atoms with Gasteiger partial charge in [-0.2, -0.15) is 14.9 Å². The fourth-order valence-corrected chi connectivity index (χ4v) is 5.33. The van der Waals surface area contributed by atoms with Gasteiger partial charge in [-0.15, -0.1) is 13.2 Å². The molecule has 3 aromatic heterocycles. The van der Waals surface area contributed by atoms with Gasteiger partial charge < -0.3 is 10.6 Å². The first-order valence-electron chi connectivity index (χ1n) is 13.4. The third-order valence-electron chi connectivity index (χ3n) is 7.56. The van der Waals surface area contributed by atoms with Gasteiger partial charge in [0.05, 0.1) is 36.4 Å². The van der Waals surface area contributed by atoms with E-state index in [1.54, 1.807) is 18.5 Å². The number of nitrogens with one attached hydrogen (secondary N) is 2. The number of amides is 2. The van der Waals surface area contributed by atoms with Crippen molar-refractivity contribution in [2.24, 2.45) is 11.8 Å². The van der Waals surface area contributed by atoms with Crippen LogP contribution in [0.3, 0.4) is 0 Å². The highest BCUT2D eigenvalue weighted by Gasteiger charge is 2.41. The molecule has 5 rings (SSSR count). The number of aromatic nitrogens is 5. The first-order chi connectivity index (χ1) is 18.9. The van der Waals surface area contributed by atoms with Crippen molar-refractivity contribution in [1.82, 2.24) is 35.0 Å². The van der Waals surface area contributed by atoms with Gasteiger partial charge in [0.15, 0.2) is 5.65 Å². The molecule has 14 heteroatoms. The molecule has 2 amide bonds. The Balaban J connectivity index is 1.45. The second kappa shape index (κ2) is 10.8. The first-order valence-corrected chi connectivity index (χ1v) is 13.4. The van der Waals surface area contributed by atoms with E-state index >= 15 is 0 Å². The second-order valence-corrected chi connectivity index (χ2v) is 10.6. The maximum atomic E-state index is 13.9. The molecule has 0 aromatic carbocycles. The molecule has 3 heterocycles. The van der Waals surface area contributed by atoms with E-state index in [0.717, 1.165) is 30.7 Å². The normalized spacial score (nSPS) is 19.4. The van der Waals surface area contributed by atoms with Gasteiger partial charge in [-0.1, -0.05) is 6.92 Å². The summed E-state index contributed by atoms with van der Waals surface area (Å²) in [6.07, 6.45) is 1.48. The van der Waals surface area contributed by atoms with Gasteiger partial charge in [-0.3, -0.25) is 9.59 Å². The van der Waals surface area contributed by atoms with Crippen LogP contribution in [0.1, 0.15) is 92.1 Å². The fourth-order valence-electron chi connectivity index (χ4n) is 5.33. The maximum Gasteiger partial charge on any atom is 0.505 e. The van der Waals surface area contributed by atoms with Crippen LogP contribution in [0.15, 0.2) is 30.7 Å². The number of hydrogen-bond acceptors (Lipinski definition) is 5. The van der Waals surface area contributed by atoms with Crippen molar-refractivity contribution in [2.45, 2.75) is 82.6 Å². The van der Waals surface area contributed by atoms with Crippen molar-refractivity contribution in [1.29, 1.82) is 0 Å². The molecule has 2 atom stereocenters. The predicted octanol–water partition coefficient (Wildman–Crippen LogP) is 5.07. The van der Waals surface area contributed by atoms with Crippen LogP contribution in [0.5, 0.6) is 0 Å². The average molecular weight is 568 g/mol. The summed E-state index contributed by atoms with van der Waals surface area (Å²) >= 11 is 0. The number of carbonyl (C=O) groups is 2. The van der Waals surface area contributed by atoms with Crippen LogP contribution in [0.25, 0.3) is 5.65 Å². The van der Waals surface area contributed by atoms with E-state index in [4.69, 9.17) is 0 Å². The van der Waals surface area contributed by atoms with Gasteiger partial charge in [0.2, 0.25) is 11.8 Å². The number of alkyl halides is 5. The van der Waals surface area contributed by atoms with Gasteiger partial charge >= 0.3 is 6.30 Å². The molecule has 3 aromatic rings. The molecule has 0 saturated heterocycles. The molecule has 2 aliphatic carbocycles. The number of nitrogens with zero attached hydrogens (tertiary/aromatic N) is 5. The summed E-state index contributed by atoms with van der Waals surface area (Å²) in [5, 5.41) is 13.3. The lowest BCUT2D eigenvalue weighted by Gasteiger charge is -2.33. The Labute approximate surface area is 226 Å². The van der Waals surface area contributed by atoms with Gasteiger partial charge in [0, 0.05) is 19.3 Å². The van der Waals surface area contributed by atoms with E-state index in [0.29, 0.717) is 24.2 Å². The SMILES string of the molecule is CCCC(=O)N[C@@H](c1cnn2cc([C@@H](NC(=O)c3ccnn3C(F)(F)F)C3CCC(F)(F)CC3)nc2c1)C1CC1. The number of carbonyl (C=O) groups excluding carboxylic acids is 2. The average Bonchev–Trinajstić information content (AvgIpc) is 3.42. The van der Waals surface area contributed by atoms with Crippen LogP contribution >= 0.6 is 0 Å². The highest BCUT2D eigenvalue weighted by atomic mass is 19.4. The van der Waals surface area contributed by atoms with Crippen LogP contribution in [0.4, 0.5) is 22.0 Å². The van der Waals surface area contributed by atoms with Crippen molar-refractivity contribution in [3.05, 3.63) is 47.7 Å². The number of halogens is 5. The number of hydrogen-bond donors (Lipinski definition) is 2. The highest BCUT2D eigenvalue weighted by Crippen LogP contribution is 2.43. The van der Waals surface area contributed by atoms with E-state index in [-0.39, 0.29) is 35.4 Å². The molecule has 2 aliphatic rings. The molecule has 0 spiro atoms. The van der Waals surface area contributed by atoms with Crippen molar-refractivity contribution in [2.75, 3.05) is 0 Å². The lowest BCUT2D eigenvalue weighted by Crippen LogP contribution is -2.39. The molecular formula is C26H30F5N7O2. The topological polar surface area (TPSA) is 106 Å². The van der Waals surface area contributed by atoms with E-state index in [9.17, 15) is 31.5 Å². The molecule has 0 bridgehead atoms. The molecule has 0 unspecified atom stereocenters. The summed E-state index contributed by atoms with van der Waals surface area (Å²) in [6, 6.07) is 1.56. The molecule has 2 fully saturated rings. The fraction of sp³-hybridized carbons (Fsp3) is 0.577. The van der Waals surface area contributed by atoms with Crippen LogP contribution < -0.4 is 10.6 Å². The van der Waals surface area contributed by atoms with Gasteiger partial charge in [-0.05, 0) is 61.6 Å². The minimum atomic E-state index is -4.91. The maximum absolute atomic E-state index is 13.9. The van der Waals surface area contributed by atoms with Gasteiger partial charge in [-0.25, -0.2) is 18.3 Å². The molecule has 9 nitrogen and oxygen atoms in total. The quantitative estimate of drug-likeness (QED) is 0.352. The standard InChI is InChI=1S/C26H30F5N7O2/c1-2-3-21(39)35-22(15-4-5-15)17-12-20-34-18(14-37(20)33-13-17)23(16-6-9-25(27,28)10-7-16)36-24(40)19-8-11-32-38(19)26(29,30)31/h8,11-16,22-23H,2-7,9-10H2,1H3,(H,35,39)(H,36,40)/t22-,23+/m1/s1. The monoisotopic (exact) mass is 567 g/mol. The Morgan fingerprint density at radius 1 is 1.07 bits per heavy atom. The zero-order valence-electron chi connectivity index (χ0n) is 21.8. The predicted molar refractivity (Wildman–Crippen MR) is 132 cm³/mol. The summed E-state index contributed by atoms with van der Waals surface area (Å²) in [7, 11) is 0. The molecule has 0 aliphatic heterocycles. The van der Waals surface area contributed by atoms with Gasteiger partial charge in [0.1, 0.15) is 5.69 Å². The van der Waals surface area contributed by atoms with Crippen LogP contribution in [0, 0.1) is 11.8 Å². The third-order valence-corrected chi connectivity index (χ3v) is 7.56. The molecule has 216 valence electrons. The lowest BCUT2D eigenvalue weighted by molar-refractivity contribution is -0.213. The molecule has 0 radical (unpaired) electrons. The summed E-state index contributed by atoms with van der Waals surface area (Å²) in [4.78, 5) is 29.9. The molecule has 40 heavy (non-hydrogen) atoms. The van der Waals surface area contributed by atoms with E-state index in [1.807, 2.05) is 6.92 Å². The zero-order chi connectivity index (χ0) is 28.7. The minimum absolute atomic E-state index is 0.0518. The Kier molecular flexibility index (Phi) is 7.53. The van der Waals surface area contributed by atoms with Crippen LogP contribution in [0.2, 0.25) is 0 Å². The van der Waals surface area contributed by atoms with E-state index in [2.05, 4.69) is 25.8 Å². The third kappa shape index (κ3) is 6.09. The summed E-state index contributed by atoms with van der Waals surface area (Å²) < 4.78 is 69.0. The molecule has 2 saturated carbocycles. The second-order valence-electron chi connectivity index (χ2n) is 10.6. The largest absolute Gasteiger partial charge is 0.505 e. The highest BCUT2D eigenvalue weighted by molar-refractivity contribution is 5.92. The Morgan fingerprint density at radius 2 is 1.77 bits per heavy atom. The van der Waals surface area contributed by atoms with Gasteiger partial charge in [0.25, 0.3) is 5.91 Å². The van der Waals surface area contributed by atoms with E-state index < -0.39 is 48.6 Å². The Hall–Kier alpha value is -3.58.